The largest absolute Gasteiger partial charge is 0.493 e. The molecule has 2 aromatic rings. The number of hydrogen-bond donors (Lipinski definition) is 2. The van der Waals surface area contributed by atoms with E-state index in [1.165, 1.54) is 18.3 Å². The lowest BCUT2D eigenvalue weighted by molar-refractivity contribution is -0.123. The molecule has 27 heavy (non-hydrogen) atoms. The molecule has 0 spiro atoms. The number of carbonyl (C=O) groups excluding carboxylic acids is 2. The number of primary amides is 1. The Morgan fingerprint density at radius 2 is 2.19 bits per heavy atom. The summed E-state index contributed by atoms with van der Waals surface area (Å²) < 4.78 is 15.8. The van der Waals surface area contributed by atoms with E-state index in [-0.39, 0.29) is 19.1 Å². The van der Waals surface area contributed by atoms with E-state index >= 15 is 0 Å². The average molecular weight is 387 g/mol. The third-order valence-corrected chi connectivity index (χ3v) is 4.05. The molecule has 0 radical (unpaired) electrons. The highest BCUT2D eigenvalue weighted by atomic mass is 32.1. The van der Waals surface area contributed by atoms with Gasteiger partial charge in [0.25, 0.3) is 11.8 Å². The Morgan fingerprint density at radius 3 is 2.85 bits per heavy atom. The molecule has 1 aliphatic heterocycles. The fourth-order valence-electron chi connectivity index (χ4n) is 2.48. The van der Waals surface area contributed by atoms with Crippen molar-refractivity contribution < 1.29 is 23.5 Å². The van der Waals surface area contributed by atoms with Crippen LogP contribution < -0.4 is 20.5 Å². The van der Waals surface area contributed by atoms with Crippen LogP contribution in [0.2, 0.25) is 0 Å². The van der Waals surface area contributed by atoms with Crippen LogP contribution in [0.4, 0.5) is 0 Å². The molecule has 2 amide bonds. The molecule has 1 aromatic carbocycles. The summed E-state index contributed by atoms with van der Waals surface area (Å²) in [6, 6.07) is 8.55. The zero-order chi connectivity index (χ0) is 19.4. The van der Waals surface area contributed by atoms with Crippen LogP contribution in [-0.4, -0.2) is 35.5 Å². The second kappa shape index (κ2) is 7.92. The number of nitrogens with two attached hydrogens (primary N) is 1. The van der Waals surface area contributed by atoms with E-state index in [0.29, 0.717) is 33.6 Å². The van der Waals surface area contributed by atoms with Crippen molar-refractivity contribution in [3.05, 3.63) is 53.6 Å². The van der Waals surface area contributed by atoms with Crippen molar-refractivity contribution in [2.24, 2.45) is 5.73 Å². The number of methoxy groups -OCH3 is 1. The van der Waals surface area contributed by atoms with Gasteiger partial charge in [0.1, 0.15) is 11.5 Å². The Bertz CT molecular complexity index is 908. The third kappa shape index (κ3) is 4.26. The predicted octanol–water partition coefficient (Wildman–Crippen LogP) is 1.41. The van der Waals surface area contributed by atoms with Gasteiger partial charge in [-0.05, 0) is 48.1 Å². The summed E-state index contributed by atoms with van der Waals surface area (Å²) in [7, 11) is 1.47. The van der Waals surface area contributed by atoms with Crippen molar-refractivity contribution in [1.82, 2.24) is 10.2 Å². The van der Waals surface area contributed by atoms with Gasteiger partial charge in [-0.2, -0.15) is 0 Å². The Balaban J connectivity index is 1.78. The molecule has 1 aromatic heterocycles. The summed E-state index contributed by atoms with van der Waals surface area (Å²) in [5.74, 6) is 0.565. The molecular weight excluding hydrogens is 370 g/mol. The number of ether oxygens (including phenoxy) is 2. The highest BCUT2D eigenvalue weighted by Crippen LogP contribution is 2.29. The van der Waals surface area contributed by atoms with Crippen molar-refractivity contribution in [2.45, 2.75) is 6.54 Å². The van der Waals surface area contributed by atoms with E-state index in [1.54, 1.807) is 36.4 Å². The first-order valence-electron chi connectivity index (χ1n) is 7.94. The highest BCUT2D eigenvalue weighted by Gasteiger charge is 2.31. The van der Waals surface area contributed by atoms with E-state index in [1.807, 2.05) is 0 Å². The Morgan fingerprint density at radius 1 is 1.37 bits per heavy atom. The first-order valence-corrected chi connectivity index (χ1v) is 8.35. The number of furan rings is 1. The zero-order valence-electron chi connectivity index (χ0n) is 14.4. The zero-order valence-corrected chi connectivity index (χ0v) is 15.2. The van der Waals surface area contributed by atoms with Crippen molar-refractivity contribution in [3.63, 3.8) is 0 Å². The van der Waals surface area contributed by atoms with Gasteiger partial charge in [0, 0.05) is 0 Å². The van der Waals surface area contributed by atoms with Crippen LogP contribution in [0.1, 0.15) is 11.3 Å². The molecule has 0 saturated carbocycles. The second-order valence-corrected chi connectivity index (χ2v) is 6.01. The number of rotatable bonds is 7. The van der Waals surface area contributed by atoms with Crippen LogP contribution in [0.3, 0.4) is 0 Å². The first-order chi connectivity index (χ1) is 13.0. The SMILES string of the molecule is COc1cc(/C=C2/NC(=S)N(Cc3ccco3)C2=O)ccc1OCC(N)=O. The Hall–Kier alpha value is -3.33. The van der Waals surface area contributed by atoms with E-state index < -0.39 is 5.91 Å². The fourth-order valence-corrected chi connectivity index (χ4v) is 2.74. The van der Waals surface area contributed by atoms with Gasteiger partial charge in [-0.15, -0.1) is 0 Å². The molecule has 2 heterocycles. The minimum absolute atomic E-state index is 0.248. The lowest BCUT2D eigenvalue weighted by atomic mass is 10.1. The van der Waals surface area contributed by atoms with Gasteiger partial charge in [0.05, 0.1) is 19.9 Å². The topological polar surface area (TPSA) is 107 Å². The highest BCUT2D eigenvalue weighted by molar-refractivity contribution is 7.80. The number of hydrogen-bond acceptors (Lipinski definition) is 6. The summed E-state index contributed by atoms with van der Waals surface area (Å²) in [4.78, 5) is 24.9. The maximum Gasteiger partial charge on any atom is 0.276 e. The van der Waals surface area contributed by atoms with Crippen LogP contribution in [0.15, 0.2) is 46.7 Å². The molecule has 0 aliphatic carbocycles. The summed E-state index contributed by atoms with van der Waals surface area (Å²) in [5.41, 5.74) is 6.10. The smallest absolute Gasteiger partial charge is 0.276 e. The molecule has 1 fully saturated rings. The predicted molar refractivity (Wildman–Crippen MR) is 101 cm³/mol. The first kappa shape index (κ1) is 18.5. The van der Waals surface area contributed by atoms with E-state index in [9.17, 15) is 9.59 Å². The van der Waals surface area contributed by atoms with Crippen molar-refractivity contribution in [1.29, 1.82) is 0 Å². The number of carbonyl (C=O) groups is 2. The number of benzene rings is 1. The molecule has 0 unspecified atom stereocenters. The molecular formula is C18H17N3O5S. The summed E-state index contributed by atoms with van der Waals surface area (Å²) in [6.45, 7) is -0.00886. The number of thiocarbonyl (C=S) groups is 1. The molecule has 0 bridgehead atoms. The quantitative estimate of drug-likeness (QED) is 0.546. The van der Waals surface area contributed by atoms with Crippen LogP contribution in [0.5, 0.6) is 11.5 Å². The molecule has 3 N–H and O–H groups in total. The summed E-state index contributed by atoms with van der Waals surface area (Å²) in [5, 5.41) is 3.20. The van der Waals surface area contributed by atoms with Gasteiger partial charge < -0.3 is 24.9 Å². The minimum Gasteiger partial charge on any atom is -0.493 e. The van der Waals surface area contributed by atoms with E-state index in [2.05, 4.69) is 5.32 Å². The fraction of sp³-hybridized carbons (Fsp3) is 0.167. The lowest BCUT2D eigenvalue weighted by Gasteiger charge is -2.11. The summed E-state index contributed by atoms with van der Waals surface area (Å²) >= 11 is 5.24. The second-order valence-electron chi connectivity index (χ2n) is 5.62. The molecule has 0 atom stereocenters. The minimum atomic E-state index is -0.589. The van der Waals surface area contributed by atoms with Crippen molar-refractivity contribution in [2.75, 3.05) is 13.7 Å². The van der Waals surface area contributed by atoms with Crippen LogP contribution in [0, 0.1) is 0 Å². The maximum atomic E-state index is 12.6. The maximum absolute atomic E-state index is 12.6. The number of nitrogens with one attached hydrogen (secondary N) is 1. The normalized spacial score (nSPS) is 15.1. The van der Waals surface area contributed by atoms with Gasteiger partial charge >= 0.3 is 0 Å². The standard InChI is InChI=1S/C18H17N3O5S/c1-24-15-8-11(4-5-14(15)26-10-16(19)22)7-13-17(23)21(18(27)20-13)9-12-3-2-6-25-12/h2-8H,9-10H2,1H3,(H2,19,22)(H,20,27)/b13-7+. The number of amides is 2. The van der Waals surface area contributed by atoms with Gasteiger partial charge in [-0.1, -0.05) is 6.07 Å². The average Bonchev–Trinajstić information content (AvgIpc) is 3.24. The molecule has 1 aliphatic rings. The van der Waals surface area contributed by atoms with Crippen LogP contribution >= 0.6 is 12.2 Å². The van der Waals surface area contributed by atoms with Gasteiger partial charge in [-0.3, -0.25) is 14.5 Å². The van der Waals surface area contributed by atoms with Crippen LogP contribution in [0.25, 0.3) is 6.08 Å². The molecule has 140 valence electrons. The lowest BCUT2D eigenvalue weighted by Crippen LogP contribution is -2.29. The Kier molecular flexibility index (Phi) is 5.41. The van der Waals surface area contributed by atoms with E-state index in [4.69, 9.17) is 31.8 Å². The monoisotopic (exact) mass is 387 g/mol. The van der Waals surface area contributed by atoms with Gasteiger partial charge in [0.2, 0.25) is 0 Å². The van der Waals surface area contributed by atoms with Gasteiger partial charge in [0.15, 0.2) is 23.2 Å². The van der Waals surface area contributed by atoms with Crippen molar-refractivity contribution in [3.8, 4) is 11.5 Å². The summed E-state index contributed by atoms with van der Waals surface area (Å²) in [6.07, 6.45) is 3.19. The van der Waals surface area contributed by atoms with Gasteiger partial charge in [-0.25, -0.2) is 0 Å². The van der Waals surface area contributed by atoms with E-state index in [0.717, 1.165) is 0 Å². The Labute approximate surface area is 160 Å². The molecule has 8 nitrogen and oxygen atoms in total. The third-order valence-electron chi connectivity index (χ3n) is 3.72. The molecule has 3 rings (SSSR count). The van der Waals surface area contributed by atoms with Crippen molar-refractivity contribution >= 4 is 35.2 Å². The van der Waals surface area contributed by atoms with Crippen LogP contribution in [-0.2, 0) is 16.1 Å². The molecule has 9 heteroatoms. The number of nitrogens with zero attached hydrogens (tertiary/aromatic N) is 1. The molecule has 1 saturated heterocycles.